The molecule has 0 bridgehead atoms. The molecule has 0 saturated carbocycles. The first-order valence-corrected chi connectivity index (χ1v) is 11.2. The number of rotatable bonds is 10. The number of amides is 2. The number of nitrogens with one attached hydrogen (secondary N) is 2. The van der Waals surface area contributed by atoms with Crippen LogP contribution >= 0.6 is 23.4 Å². The van der Waals surface area contributed by atoms with Gasteiger partial charge in [0.25, 0.3) is 5.91 Å². The zero-order chi connectivity index (χ0) is 20.4. The molecule has 0 aliphatic carbocycles. The highest BCUT2D eigenvalue weighted by molar-refractivity contribution is 7.98. The predicted molar refractivity (Wildman–Crippen MR) is 118 cm³/mol. The molecule has 2 aromatic rings. The van der Waals surface area contributed by atoms with Gasteiger partial charge in [-0.2, -0.15) is 11.8 Å². The van der Waals surface area contributed by atoms with E-state index < -0.39 is 6.04 Å². The van der Waals surface area contributed by atoms with E-state index in [1.807, 2.05) is 24.5 Å². The summed E-state index contributed by atoms with van der Waals surface area (Å²) in [6.45, 7) is 2.64. The molecule has 2 aromatic carbocycles. The topological polar surface area (TPSA) is 58.2 Å². The molecule has 2 amide bonds. The number of carbonyl (C=O) groups is 2. The Hall–Kier alpha value is -1.98. The van der Waals surface area contributed by atoms with E-state index in [0.29, 0.717) is 23.6 Å². The van der Waals surface area contributed by atoms with Gasteiger partial charge < -0.3 is 10.6 Å². The average Bonchev–Trinajstić information content (AvgIpc) is 2.72. The minimum atomic E-state index is -0.593. The standard InChI is InChI=1S/C22H27ClN2O2S/c1-3-16(17-9-5-4-6-10-17)15-24-22(27)20(13-14-28-2)25-21(26)18-11-7-8-12-19(18)23/h4-12,16,20H,3,13-15H2,1-2H3,(H,24,27)(H,25,26). The van der Waals surface area contributed by atoms with Crippen LogP contribution in [0, 0.1) is 0 Å². The first kappa shape index (κ1) is 22.3. The van der Waals surface area contributed by atoms with Crippen LogP contribution in [0.1, 0.15) is 41.6 Å². The van der Waals surface area contributed by atoms with E-state index in [-0.39, 0.29) is 17.7 Å². The molecule has 0 aliphatic rings. The summed E-state index contributed by atoms with van der Waals surface area (Å²) in [4.78, 5) is 25.4. The Bertz CT molecular complexity index is 770. The third-order valence-electron chi connectivity index (χ3n) is 4.64. The number of hydrogen-bond donors (Lipinski definition) is 2. The van der Waals surface area contributed by atoms with Crippen molar-refractivity contribution in [2.24, 2.45) is 0 Å². The lowest BCUT2D eigenvalue weighted by Gasteiger charge is -2.21. The van der Waals surface area contributed by atoms with Crippen LogP contribution in [0.3, 0.4) is 0 Å². The maximum absolute atomic E-state index is 12.8. The quantitative estimate of drug-likeness (QED) is 0.597. The Kier molecular flexibility index (Phi) is 9.38. The van der Waals surface area contributed by atoms with Crippen LogP contribution in [0.25, 0.3) is 0 Å². The summed E-state index contributed by atoms with van der Waals surface area (Å²) in [5, 5.41) is 6.23. The highest BCUT2D eigenvalue weighted by atomic mass is 35.5. The second-order valence-corrected chi connectivity index (χ2v) is 7.94. The van der Waals surface area contributed by atoms with Gasteiger partial charge in [-0.3, -0.25) is 9.59 Å². The molecule has 0 spiro atoms. The normalized spacial score (nSPS) is 12.8. The van der Waals surface area contributed by atoms with Crippen LogP contribution < -0.4 is 10.6 Å². The minimum absolute atomic E-state index is 0.163. The molecule has 28 heavy (non-hydrogen) atoms. The van der Waals surface area contributed by atoms with Gasteiger partial charge in [0.05, 0.1) is 10.6 Å². The van der Waals surface area contributed by atoms with Crippen molar-refractivity contribution in [1.29, 1.82) is 0 Å². The number of hydrogen-bond acceptors (Lipinski definition) is 3. The van der Waals surface area contributed by atoms with Gasteiger partial charge in [-0.05, 0) is 42.5 Å². The van der Waals surface area contributed by atoms with Gasteiger partial charge >= 0.3 is 0 Å². The summed E-state index contributed by atoms with van der Waals surface area (Å²) in [5.41, 5.74) is 1.58. The summed E-state index contributed by atoms with van der Waals surface area (Å²) in [6.07, 6.45) is 3.46. The van der Waals surface area contributed by atoms with Crippen molar-refractivity contribution in [3.63, 3.8) is 0 Å². The lowest BCUT2D eigenvalue weighted by Crippen LogP contribution is -2.48. The van der Waals surface area contributed by atoms with E-state index in [2.05, 4.69) is 29.7 Å². The lowest BCUT2D eigenvalue weighted by atomic mass is 9.96. The molecule has 0 fully saturated rings. The molecule has 0 radical (unpaired) electrons. The van der Waals surface area contributed by atoms with Crippen molar-refractivity contribution < 1.29 is 9.59 Å². The Labute approximate surface area is 176 Å². The molecular weight excluding hydrogens is 392 g/mol. The molecule has 2 atom stereocenters. The highest BCUT2D eigenvalue weighted by Crippen LogP contribution is 2.18. The van der Waals surface area contributed by atoms with E-state index in [1.165, 1.54) is 5.56 Å². The molecule has 0 aliphatic heterocycles. The number of halogens is 1. The molecule has 0 saturated heterocycles. The Balaban J connectivity index is 2.02. The Morgan fingerprint density at radius 1 is 1.07 bits per heavy atom. The smallest absolute Gasteiger partial charge is 0.253 e. The Morgan fingerprint density at radius 3 is 2.39 bits per heavy atom. The van der Waals surface area contributed by atoms with Crippen LogP contribution in [-0.2, 0) is 4.79 Å². The SMILES string of the molecule is CCC(CNC(=O)C(CCSC)NC(=O)c1ccccc1Cl)c1ccccc1. The maximum atomic E-state index is 12.8. The fraction of sp³-hybridized carbons (Fsp3) is 0.364. The molecule has 0 aromatic heterocycles. The van der Waals surface area contributed by atoms with Crippen molar-refractivity contribution in [3.8, 4) is 0 Å². The van der Waals surface area contributed by atoms with Crippen LogP contribution in [0.4, 0.5) is 0 Å². The van der Waals surface area contributed by atoms with Crippen molar-refractivity contribution in [3.05, 3.63) is 70.7 Å². The van der Waals surface area contributed by atoms with Gasteiger partial charge in [-0.15, -0.1) is 0 Å². The fourth-order valence-electron chi connectivity index (χ4n) is 2.96. The summed E-state index contributed by atoms with van der Waals surface area (Å²) >= 11 is 7.75. The molecular formula is C22H27ClN2O2S. The van der Waals surface area contributed by atoms with Gasteiger partial charge in [0, 0.05) is 12.5 Å². The second-order valence-electron chi connectivity index (χ2n) is 6.55. The van der Waals surface area contributed by atoms with E-state index in [0.717, 1.165) is 12.2 Å². The second kappa shape index (κ2) is 11.8. The fourth-order valence-corrected chi connectivity index (χ4v) is 3.65. The van der Waals surface area contributed by atoms with Crippen molar-refractivity contribution >= 4 is 35.2 Å². The lowest BCUT2D eigenvalue weighted by molar-refractivity contribution is -0.123. The van der Waals surface area contributed by atoms with Crippen molar-refractivity contribution in [2.45, 2.75) is 31.7 Å². The average molecular weight is 419 g/mol. The summed E-state index contributed by atoms with van der Waals surface area (Å²) in [7, 11) is 0. The first-order chi connectivity index (χ1) is 13.6. The maximum Gasteiger partial charge on any atom is 0.253 e. The van der Waals surface area contributed by atoms with Crippen LogP contribution in [0.5, 0.6) is 0 Å². The van der Waals surface area contributed by atoms with E-state index in [1.54, 1.807) is 36.0 Å². The predicted octanol–water partition coefficient (Wildman–Crippen LogP) is 4.50. The van der Waals surface area contributed by atoms with Gasteiger partial charge in [-0.1, -0.05) is 61.0 Å². The number of carbonyl (C=O) groups excluding carboxylic acids is 2. The van der Waals surface area contributed by atoms with E-state index in [4.69, 9.17) is 11.6 Å². The number of benzene rings is 2. The molecule has 4 nitrogen and oxygen atoms in total. The van der Waals surface area contributed by atoms with E-state index >= 15 is 0 Å². The van der Waals surface area contributed by atoms with Gasteiger partial charge in [0.15, 0.2) is 0 Å². The summed E-state index contributed by atoms with van der Waals surface area (Å²) < 4.78 is 0. The molecule has 0 heterocycles. The van der Waals surface area contributed by atoms with Gasteiger partial charge in [0.2, 0.25) is 5.91 Å². The first-order valence-electron chi connectivity index (χ1n) is 9.43. The molecule has 150 valence electrons. The van der Waals surface area contributed by atoms with Crippen LogP contribution in [0.15, 0.2) is 54.6 Å². The van der Waals surface area contributed by atoms with Gasteiger partial charge in [-0.25, -0.2) is 0 Å². The monoisotopic (exact) mass is 418 g/mol. The molecule has 2 N–H and O–H groups in total. The Morgan fingerprint density at radius 2 is 1.75 bits per heavy atom. The third-order valence-corrected chi connectivity index (χ3v) is 5.61. The summed E-state index contributed by atoms with van der Waals surface area (Å²) in [6, 6.07) is 16.4. The van der Waals surface area contributed by atoms with Crippen molar-refractivity contribution in [1.82, 2.24) is 10.6 Å². The minimum Gasteiger partial charge on any atom is -0.354 e. The zero-order valence-corrected chi connectivity index (χ0v) is 17.9. The molecule has 6 heteroatoms. The number of thioether (sulfide) groups is 1. The van der Waals surface area contributed by atoms with E-state index in [9.17, 15) is 9.59 Å². The van der Waals surface area contributed by atoms with Crippen molar-refractivity contribution in [2.75, 3.05) is 18.6 Å². The largest absolute Gasteiger partial charge is 0.354 e. The van der Waals surface area contributed by atoms with Crippen LogP contribution in [-0.4, -0.2) is 36.4 Å². The third kappa shape index (κ3) is 6.57. The highest BCUT2D eigenvalue weighted by Gasteiger charge is 2.23. The summed E-state index contributed by atoms with van der Waals surface area (Å²) in [5.74, 6) is 0.521. The molecule has 2 unspecified atom stereocenters. The molecule has 2 rings (SSSR count). The van der Waals surface area contributed by atoms with Crippen LogP contribution in [0.2, 0.25) is 5.02 Å². The zero-order valence-electron chi connectivity index (χ0n) is 16.3. The van der Waals surface area contributed by atoms with Gasteiger partial charge in [0.1, 0.15) is 6.04 Å².